The standard InChI is InChI=1S/C17H22N2O2/c1-21-17(20)16(8-14-18-10-4-2-5-11-18)9-15-19-12-6-3-7-13-19/h2-7,10-13,16H,8-9,14-15H2,1H3/q+2. The smallest absolute Gasteiger partial charge is 0.309 e. The molecule has 0 unspecified atom stereocenters. The maximum atomic E-state index is 11.9. The molecule has 110 valence electrons. The summed E-state index contributed by atoms with van der Waals surface area (Å²) in [5, 5.41) is 0. The van der Waals surface area contributed by atoms with E-state index in [-0.39, 0.29) is 11.9 Å². The molecule has 2 aromatic heterocycles. The van der Waals surface area contributed by atoms with E-state index in [9.17, 15) is 4.79 Å². The minimum Gasteiger partial charge on any atom is -0.469 e. The van der Waals surface area contributed by atoms with Gasteiger partial charge in [0.15, 0.2) is 24.8 Å². The molecule has 4 heteroatoms. The van der Waals surface area contributed by atoms with Gasteiger partial charge in [0.25, 0.3) is 0 Å². The predicted molar refractivity (Wildman–Crippen MR) is 78.0 cm³/mol. The van der Waals surface area contributed by atoms with Crippen molar-refractivity contribution in [3.63, 3.8) is 0 Å². The van der Waals surface area contributed by atoms with Gasteiger partial charge in [0.05, 0.1) is 13.0 Å². The van der Waals surface area contributed by atoms with E-state index in [0.29, 0.717) is 0 Å². The maximum absolute atomic E-state index is 11.9. The average molecular weight is 286 g/mol. The fourth-order valence-electron chi connectivity index (χ4n) is 2.32. The lowest BCUT2D eigenvalue weighted by molar-refractivity contribution is -0.702. The third kappa shape index (κ3) is 4.99. The van der Waals surface area contributed by atoms with Gasteiger partial charge in [-0.05, 0) is 0 Å². The first-order valence-electron chi connectivity index (χ1n) is 7.25. The van der Waals surface area contributed by atoms with Gasteiger partial charge in [0.1, 0.15) is 13.1 Å². The molecule has 0 saturated carbocycles. The van der Waals surface area contributed by atoms with Gasteiger partial charge >= 0.3 is 5.97 Å². The second-order valence-corrected chi connectivity index (χ2v) is 5.02. The summed E-state index contributed by atoms with van der Waals surface area (Å²) in [5.74, 6) is -0.196. The zero-order valence-electron chi connectivity index (χ0n) is 12.4. The first-order valence-corrected chi connectivity index (χ1v) is 7.25. The molecule has 0 fully saturated rings. The molecule has 0 bridgehead atoms. The van der Waals surface area contributed by atoms with Gasteiger partial charge in [-0.15, -0.1) is 0 Å². The molecule has 2 rings (SSSR count). The van der Waals surface area contributed by atoms with Crippen LogP contribution in [0.3, 0.4) is 0 Å². The molecule has 0 radical (unpaired) electrons. The molecule has 0 saturated heterocycles. The number of rotatable bonds is 7. The number of hydrogen-bond donors (Lipinski definition) is 0. The largest absolute Gasteiger partial charge is 0.469 e. The van der Waals surface area contributed by atoms with Crippen LogP contribution in [0.5, 0.6) is 0 Å². The number of carbonyl (C=O) groups is 1. The summed E-state index contributed by atoms with van der Waals surface area (Å²) in [6, 6.07) is 11.9. The van der Waals surface area contributed by atoms with Gasteiger partial charge in [-0.3, -0.25) is 4.79 Å². The molecule has 0 amide bonds. The molecule has 0 spiro atoms. The number of aromatic nitrogens is 2. The normalized spacial score (nSPS) is 10.6. The minimum absolute atomic E-state index is 0.0737. The number of pyridine rings is 2. The monoisotopic (exact) mass is 286 g/mol. The van der Waals surface area contributed by atoms with E-state index < -0.39 is 0 Å². The number of aryl methyl sites for hydroxylation is 2. The fraction of sp³-hybridized carbons (Fsp3) is 0.353. The maximum Gasteiger partial charge on any atom is 0.309 e. The van der Waals surface area contributed by atoms with Gasteiger partial charge in [0, 0.05) is 37.1 Å². The highest BCUT2D eigenvalue weighted by atomic mass is 16.5. The third-order valence-corrected chi connectivity index (χ3v) is 3.56. The van der Waals surface area contributed by atoms with Crippen LogP contribution in [0.25, 0.3) is 0 Å². The van der Waals surface area contributed by atoms with Crippen molar-refractivity contribution in [2.24, 2.45) is 5.92 Å². The molecule has 21 heavy (non-hydrogen) atoms. The van der Waals surface area contributed by atoms with Gasteiger partial charge in [-0.25, -0.2) is 9.13 Å². The van der Waals surface area contributed by atoms with E-state index in [1.165, 1.54) is 7.11 Å². The van der Waals surface area contributed by atoms with Crippen molar-refractivity contribution < 1.29 is 18.7 Å². The summed E-state index contributed by atoms with van der Waals surface area (Å²) in [7, 11) is 1.46. The van der Waals surface area contributed by atoms with Crippen LogP contribution >= 0.6 is 0 Å². The van der Waals surface area contributed by atoms with Crippen molar-refractivity contribution in [2.45, 2.75) is 25.9 Å². The van der Waals surface area contributed by atoms with Crippen LogP contribution in [-0.4, -0.2) is 13.1 Å². The first-order chi connectivity index (χ1) is 10.3. The molecule has 0 atom stereocenters. The summed E-state index contributed by atoms with van der Waals surface area (Å²) in [4.78, 5) is 11.9. The lowest BCUT2D eigenvalue weighted by Crippen LogP contribution is -2.37. The molecule has 0 N–H and O–H groups in total. The Hall–Kier alpha value is -2.23. The highest BCUT2D eigenvalue weighted by Gasteiger charge is 2.22. The Balaban J connectivity index is 1.90. The van der Waals surface area contributed by atoms with Crippen LogP contribution in [-0.2, 0) is 22.6 Å². The zero-order chi connectivity index (χ0) is 14.9. The Morgan fingerprint density at radius 3 is 1.67 bits per heavy atom. The lowest BCUT2D eigenvalue weighted by Gasteiger charge is -2.11. The van der Waals surface area contributed by atoms with E-state index in [2.05, 4.69) is 9.13 Å². The average Bonchev–Trinajstić information content (AvgIpc) is 2.56. The van der Waals surface area contributed by atoms with Crippen LogP contribution in [0, 0.1) is 5.92 Å². The van der Waals surface area contributed by atoms with E-state index >= 15 is 0 Å². The van der Waals surface area contributed by atoms with Crippen molar-refractivity contribution in [3.8, 4) is 0 Å². The lowest BCUT2D eigenvalue weighted by atomic mass is 10.0. The van der Waals surface area contributed by atoms with Crippen LogP contribution in [0.15, 0.2) is 61.2 Å². The quantitative estimate of drug-likeness (QED) is 0.571. The number of ether oxygens (including phenoxy) is 1. The van der Waals surface area contributed by atoms with Crippen LogP contribution < -0.4 is 9.13 Å². The number of nitrogens with zero attached hydrogens (tertiary/aromatic N) is 2. The SMILES string of the molecule is COC(=O)C(CC[n+]1ccccc1)CC[n+]1ccccc1. The molecule has 2 aromatic rings. The number of esters is 1. The second-order valence-electron chi connectivity index (χ2n) is 5.02. The minimum atomic E-state index is -0.122. The predicted octanol–water partition coefficient (Wildman–Crippen LogP) is 1.53. The van der Waals surface area contributed by atoms with Gasteiger partial charge < -0.3 is 4.74 Å². The van der Waals surface area contributed by atoms with E-state index in [1.807, 2.05) is 61.2 Å². The molecule has 0 aliphatic carbocycles. The van der Waals surface area contributed by atoms with Crippen molar-refractivity contribution in [2.75, 3.05) is 7.11 Å². The molecular weight excluding hydrogens is 264 g/mol. The summed E-state index contributed by atoms with van der Waals surface area (Å²) in [6.07, 6.45) is 9.63. The second kappa shape index (κ2) is 8.15. The van der Waals surface area contributed by atoms with Gasteiger partial charge in [-0.2, -0.15) is 0 Å². The fourth-order valence-corrected chi connectivity index (χ4v) is 2.32. The Labute approximate surface area is 125 Å². The van der Waals surface area contributed by atoms with Crippen molar-refractivity contribution in [1.82, 2.24) is 0 Å². The summed E-state index contributed by atoms with van der Waals surface area (Å²) in [5.41, 5.74) is 0. The highest BCUT2D eigenvalue weighted by molar-refractivity contribution is 5.72. The third-order valence-electron chi connectivity index (χ3n) is 3.56. The molecule has 2 heterocycles. The van der Waals surface area contributed by atoms with Gasteiger partial charge in [0.2, 0.25) is 0 Å². The van der Waals surface area contributed by atoms with Gasteiger partial charge in [-0.1, -0.05) is 12.1 Å². The Bertz CT molecular complexity index is 500. The van der Waals surface area contributed by atoms with Crippen LogP contribution in [0.1, 0.15) is 12.8 Å². The molecule has 4 nitrogen and oxygen atoms in total. The first kappa shape index (κ1) is 15.2. The molecule has 0 aliphatic rings. The number of methoxy groups -OCH3 is 1. The van der Waals surface area contributed by atoms with E-state index in [0.717, 1.165) is 25.9 Å². The Morgan fingerprint density at radius 2 is 1.29 bits per heavy atom. The van der Waals surface area contributed by atoms with Crippen LogP contribution in [0.2, 0.25) is 0 Å². The Kier molecular flexibility index (Phi) is 5.88. The summed E-state index contributed by atoms with van der Waals surface area (Å²) in [6.45, 7) is 1.64. The number of hydrogen-bond acceptors (Lipinski definition) is 2. The summed E-state index contributed by atoms with van der Waals surface area (Å²) < 4.78 is 9.11. The molecular formula is C17H22N2O2+2. The van der Waals surface area contributed by atoms with Crippen molar-refractivity contribution in [3.05, 3.63) is 61.2 Å². The van der Waals surface area contributed by atoms with E-state index in [1.54, 1.807) is 0 Å². The van der Waals surface area contributed by atoms with Crippen molar-refractivity contribution >= 4 is 5.97 Å². The van der Waals surface area contributed by atoms with Crippen LogP contribution in [0.4, 0.5) is 0 Å². The zero-order valence-corrected chi connectivity index (χ0v) is 12.4. The Morgan fingerprint density at radius 1 is 0.857 bits per heavy atom. The highest BCUT2D eigenvalue weighted by Crippen LogP contribution is 2.11. The molecule has 0 aliphatic heterocycles. The topological polar surface area (TPSA) is 34.1 Å². The summed E-state index contributed by atoms with van der Waals surface area (Å²) >= 11 is 0. The number of carbonyl (C=O) groups excluding carboxylic acids is 1. The molecule has 0 aromatic carbocycles. The van der Waals surface area contributed by atoms with Crippen molar-refractivity contribution in [1.29, 1.82) is 0 Å². The van der Waals surface area contributed by atoms with E-state index in [4.69, 9.17) is 4.74 Å².